The normalized spacial score (nSPS) is 18.1. The van der Waals surface area contributed by atoms with Crippen LogP contribution in [0.1, 0.15) is 18.1 Å². The molecule has 0 fully saturated rings. The van der Waals surface area contributed by atoms with Crippen LogP contribution in [0.3, 0.4) is 0 Å². The molecule has 0 aliphatic carbocycles. The summed E-state index contributed by atoms with van der Waals surface area (Å²) in [5, 5.41) is 0. The van der Waals surface area contributed by atoms with E-state index in [-0.39, 0.29) is 25.6 Å². The predicted molar refractivity (Wildman–Crippen MR) is 112 cm³/mol. The van der Waals surface area contributed by atoms with E-state index in [1.54, 1.807) is 25.0 Å². The van der Waals surface area contributed by atoms with E-state index in [1.807, 2.05) is 30.3 Å². The van der Waals surface area contributed by atoms with Gasteiger partial charge in [0.05, 0.1) is 32.5 Å². The zero-order valence-corrected chi connectivity index (χ0v) is 17.3. The van der Waals surface area contributed by atoms with Gasteiger partial charge in [0.15, 0.2) is 0 Å². The average Bonchev–Trinajstić information content (AvgIpc) is 2.78. The summed E-state index contributed by atoms with van der Waals surface area (Å²) >= 11 is 0. The molecule has 1 amide bonds. The Labute approximate surface area is 176 Å². The third kappa shape index (κ3) is 3.98. The maximum absolute atomic E-state index is 13.3. The average molecular weight is 410 g/mol. The minimum absolute atomic E-state index is 0.0709. The maximum atomic E-state index is 13.3. The number of amides is 1. The molecule has 0 saturated heterocycles. The minimum atomic E-state index is -0.828. The fraction of sp³-hybridized carbons (Fsp3) is 0.391. The fourth-order valence-electron chi connectivity index (χ4n) is 4.04. The molecule has 0 bridgehead atoms. The van der Waals surface area contributed by atoms with E-state index in [0.29, 0.717) is 18.0 Å². The van der Waals surface area contributed by atoms with Crippen molar-refractivity contribution in [1.29, 1.82) is 0 Å². The van der Waals surface area contributed by atoms with Crippen LogP contribution in [0.25, 0.3) is 0 Å². The van der Waals surface area contributed by atoms with E-state index in [0.717, 1.165) is 24.3 Å². The summed E-state index contributed by atoms with van der Waals surface area (Å²) in [7, 11) is 1.67. The summed E-state index contributed by atoms with van der Waals surface area (Å²) in [5.41, 5.74) is 3.07. The monoisotopic (exact) mass is 410 g/mol. The van der Waals surface area contributed by atoms with Crippen molar-refractivity contribution in [2.45, 2.75) is 26.0 Å². The number of carbonyl (C=O) groups is 2. The molecule has 7 nitrogen and oxygen atoms in total. The second kappa shape index (κ2) is 8.75. The Morgan fingerprint density at radius 3 is 2.80 bits per heavy atom. The lowest BCUT2D eigenvalue weighted by atomic mass is 9.99. The summed E-state index contributed by atoms with van der Waals surface area (Å²) < 4.78 is 16.4. The molecule has 2 aliphatic heterocycles. The smallest absolute Gasteiger partial charge is 0.349 e. The van der Waals surface area contributed by atoms with Crippen LogP contribution in [0.5, 0.6) is 11.5 Å². The lowest BCUT2D eigenvalue weighted by Crippen LogP contribution is -2.50. The molecule has 7 heteroatoms. The van der Waals surface area contributed by atoms with E-state index in [4.69, 9.17) is 14.2 Å². The van der Waals surface area contributed by atoms with Gasteiger partial charge in [-0.1, -0.05) is 24.3 Å². The number of hydrogen-bond acceptors (Lipinski definition) is 6. The van der Waals surface area contributed by atoms with Gasteiger partial charge in [-0.15, -0.1) is 0 Å². The van der Waals surface area contributed by atoms with Crippen molar-refractivity contribution >= 4 is 17.6 Å². The van der Waals surface area contributed by atoms with Gasteiger partial charge in [0.1, 0.15) is 11.5 Å². The summed E-state index contributed by atoms with van der Waals surface area (Å²) in [4.78, 5) is 29.3. The molecule has 0 aromatic heterocycles. The molecule has 4 rings (SSSR count). The van der Waals surface area contributed by atoms with Gasteiger partial charge in [0, 0.05) is 18.7 Å². The number of carbonyl (C=O) groups excluding carboxylic acids is 2. The third-order valence-electron chi connectivity index (χ3n) is 5.51. The van der Waals surface area contributed by atoms with Gasteiger partial charge in [-0.2, -0.15) is 0 Å². The van der Waals surface area contributed by atoms with E-state index in [9.17, 15) is 9.59 Å². The standard InChI is InChI=1S/C23H26N2O5/c1-3-29-23(27)21-14-25(18-8-4-5-9-20(18)30-21)22(26)15-24-12-11-16-7-6-10-19(28-2)17(16)13-24/h4-10,21H,3,11-15H2,1-2H3. The number of methoxy groups -OCH3 is 1. The second-order valence-electron chi connectivity index (χ2n) is 7.39. The SMILES string of the molecule is CCOC(=O)C1CN(C(=O)CN2CCc3cccc(OC)c3C2)c2ccccc2O1. The second-order valence-corrected chi connectivity index (χ2v) is 7.39. The molecule has 2 aliphatic rings. The molecule has 0 N–H and O–H groups in total. The number of fused-ring (bicyclic) bond motifs is 2. The van der Waals surface area contributed by atoms with E-state index < -0.39 is 12.1 Å². The number of anilines is 1. The zero-order valence-electron chi connectivity index (χ0n) is 17.3. The molecular weight excluding hydrogens is 384 g/mol. The largest absolute Gasteiger partial charge is 0.496 e. The molecule has 0 spiro atoms. The number of nitrogens with zero attached hydrogens (tertiary/aromatic N) is 2. The molecule has 30 heavy (non-hydrogen) atoms. The number of esters is 1. The van der Waals surface area contributed by atoms with Gasteiger partial charge in [0.25, 0.3) is 0 Å². The highest BCUT2D eigenvalue weighted by atomic mass is 16.6. The van der Waals surface area contributed by atoms with Crippen LogP contribution in [-0.4, -0.2) is 56.2 Å². The first-order valence-corrected chi connectivity index (χ1v) is 10.2. The Kier molecular flexibility index (Phi) is 5.90. The molecule has 1 atom stereocenters. The van der Waals surface area contributed by atoms with Crippen molar-refractivity contribution in [2.24, 2.45) is 0 Å². The van der Waals surface area contributed by atoms with Crippen LogP contribution in [0, 0.1) is 0 Å². The van der Waals surface area contributed by atoms with Crippen LogP contribution in [0.4, 0.5) is 5.69 Å². The Morgan fingerprint density at radius 1 is 1.17 bits per heavy atom. The summed E-state index contributed by atoms with van der Waals surface area (Å²) in [6, 6.07) is 13.3. The van der Waals surface area contributed by atoms with Crippen LogP contribution in [-0.2, 0) is 27.3 Å². The van der Waals surface area contributed by atoms with Gasteiger partial charge in [-0.3, -0.25) is 9.69 Å². The Morgan fingerprint density at radius 2 is 2.00 bits per heavy atom. The van der Waals surface area contributed by atoms with Crippen LogP contribution in [0.2, 0.25) is 0 Å². The highest BCUT2D eigenvalue weighted by Gasteiger charge is 2.35. The molecule has 0 radical (unpaired) electrons. The summed E-state index contributed by atoms with van der Waals surface area (Å²) in [5.74, 6) is 0.837. The first-order chi connectivity index (χ1) is 14.6. The molecule has 2 heterocycles. The van der Waals surface area contributed by atoms with E-state index >= 15 is 0 Å². The minimum Gasteiger partial charge on any atom is -0.496 e. The topological polar surface area (TPSA) is 68.3 Å². The highest BCUT2D eigenvalue weighted by Crippen LogP contribution is 2.34. The first-order valence-electron chi connectivity index (χ1n) is 10.2. The maximum Gasteiger partial charge on any atom is 0.349 e. The number of hydrogen-bond donors (Lipinski definition) is 0. The molecule has 1 unspecified atom stereocenters. The third-order valence-corrected chi connectivity index (χ3v) is 5.51. The fourth-order valence-corrected chi connectivity index (χ4v) is 4.04. The van der Waals surface area contributed by atoms with Gasteiger partial charge in [-0.25, -0.2) is 4.79 Å². The van der Waals surface area contributed by atoms with Gasteiger partial charge in [0.2, 0.25) is 12.0 Å². The first kappa shape index (κ1) is 20.2. The number of para-hydroxylation sites is 2. The van der Waals surface area contributed by atoms with Crippen molar-refractivity contribution in [2.75, 3.05) is 38.3 Å². The summed E-state index contributed by atoms with van der Waals surface area (Å²) in [6.45, 7) is 3.85. The van der Waals surface area contributed by atoms with E-state index in [1.165, 1.54) is 5.56 Å². The van der Waals surface area contributed by atoms with Crippen LogP contribution in [0.15, 0.2) is 42.5 Å². The van der Waals surface area contributed by atoms with Gasteiger partial charge in [-0.05, 0) is 37.1 Å². The lowest BCUT2D eigenvalue weighted by molar-refractivity contribution is -0.151. The number of ether oxygens (including phenoxy) is 3. The van der Waals surface area contributed by atoms with Crippen molar-refractivity contribution in [3.63, 3.8) is 0 Å². The Hall–Kier alpha value is -3.06. The Bertz CT molecular complexity index is 931. The molecule has 158 valence electrons. The summed E-state index contributed by atoms with van der Waals surface area (Å²) in [6.07, 6.45) is 0.0382. The van der Waals surface area contributed by atoms with Gasteiger partial charge >= 0.3 is 5.97 Å². The quantitative estimate of drug-likeness (QED) is 0.706. The van der Waals surface area contributed by atoms with E-state index in [2.05, 4.69) is 11.0 Å². The van der Waals surface area contributed by atoms with Crippen molar-refractivity contribution < 1.29 is 23.8 Å². The molecular formula is C23H26N2O5. The number of rotatable bonds is 5. The van der Waals surface area contributed by atoms with Crippen LogP contribution < -0.4 is 14.4 Å². The van der Waals surface area contributed by atoms with Gasteiger partial charge < -0.3 is 19.1 Å². The zero-order chi connectivity index (χ0) is 21.1. The van der Waals surface area contributed by atoms with Crippen molar-refractivity contribution in [3.8, 4) is 11.5 Å². The Balaban J connectivity index is 1.52. The number of benzene rings is 2. The molecule has 0 saturated carbocycles. The predicted octanol–water partition coefficient (Wildman–Crippen LogP) is 2.41. The van der Waals surface area contributed by atoms with Crippen LogP contribution >= 0.6 is 0 Å². The van der Waals surface area contributed by atoms with Crippen molar-refractivity contribution in [3.05, 3.63) is 53.6 Å². The highest BCUT2D eigenvalue weighted by molar-refractivity contribution is 5.98. The molecule has 2 aromatic carbocycles. The molecule has 2 aromatic rings. The lowest BCUT2D eigenvalue weighted by Gasteiger charge is -2.36. The van der Waals surface area contributed by atoms with Crippen molar-refractivity contribution in [1.82, 2.24) is 4.90 Å².